The molecule has 28 heavy (non-hydrogen) atoms. The Labute approximate surface area is 169 Å². The van der Waals surface area contributed by atoms with E-state index in [4.69, 9.17) is 11.6 Å². The van der Waals surface area contributed by atoms with E-state index in [1.807, 2.05) is 85.1 Å². The van der Waals surface area contributed by atoms with Crippen molar-refractivity contribution in [2.24, 2.45) is 0 Å². The number of ketones is 1. The monoisotopic (exact) mass is 388 g/mol. The topological polar surface area (TPSA) is 44.9 Å². The molecule has 0 bridgehead atoms. The summed E-state index contributed by atoms with van der Waals surface area (Å²) in [6.45, 7) is 0.690. The van der Waals surface area contributed by atoms with Crippen molar-refractivity contribution in [3.63, 3.8) is 0 Å². The first-order valence-corrected chi connectivity index (χ1v) is 9.73. The van der Waals surface area contributed by atoms with Crippen molar-refractivity contribution in [1.29, 1.82) is 0 Å². The Morgan fingerprint density at radius 3 is 2.43 bits per heavy atom. The van der Waals surface area contributed by atoms with Crippen molar-refractivity contribution in [1.82, 2.24) is 10.3 Å². The number of aromatic amines is 1. The normalized spacial score (nSPS) is 12.2. The molecular formula is C24H21ClN2O. The maximum atomic E-state index is 13.4. The van der Waals surface area contributed by atoms with E-state index < -0.39 is 6.04 Å². The van der Waals surface area contributed by atoms with Crippen molar-refractivity contribution in [2.45, 2.75) is 12.5 Å². The Morgan fingerprint density at radius 2 is 1.64 bits per heavy atom. The fourth-order valence-corrected chi connectivity index (χ4v) is 3.58. The number of rotatable bonds is 7. The van der Waals surface area contributed by atoms with Gasteiger partial charge in [0.05, 0.1) is 6.04 Å². The molecule has 1 aromatic heterocycles. The number of carbonyl (C=O) groups is 1. The predicted molar refractivity (Wildman–Crippen MR) is 115 cm³/mol. The lowest BCUT2D eigenvalue weighted by Crippen LogP contribution is -2.30. The lowest BCUT2D eigenvalue weighted by atomic mass is 9.96. The minimum atomic E-state index is -0.396. The minimum Gasteiger partial charge on any atom is -0.360 e. The Bertz CT molecular complexity index is 1070. The zero-order valence-electron chi connectivity index (χ0n) is 15.4. The molecule has 0 unspecified atom stereocenters. The number of carbonyl (C=O) groups excluding carboxylic acids is 1. The molecule has 0 saturated heterocycles. The number of nitrogens with one attached hydrogen (secondary N) is 2. The van der Waals surface area contributed by atoms with Crippen LogP contribution in [0.3, 0.4) is 0 Å². The highest BCUT2D eigenvalue weighted by molar-refractivity contribution is 6.30. The molecule has 0 fully saturated rings. The van der Waals surface area contributed by atoms with Crippen LogP contribution < -0.4 is 5.32 Å². The molecule has 1 heterocycles. The highest BCUT2D eigenvalue weighted by Crippen LogP contribution is 2.24. The number of aromatic nitrogens is 1. The van der Waals surface area contributed by atoms with E-state index in [0.717, 1.165) is 27.9 Å². The lowest BCUT2D eigenvalue weighted by Gasteiger charge is -2.18. The van der Waals surface area contributed by atoms with Crippen molar-refractivity contribution in [3.05, 3.63) is 107 Å². The number of hydrogen-bond acceptors (Lipinski definition) is 2. The highest BCUT2D eigenvalue weighted by Gasteiger charge is 2.23. The first-order valence-electron chi connectivity index (χ1n) is 9.35. The Morgan fingerprint density at radius 1 is 0.929 bits per heavy atom. The molecule has 0 spiro atoms. The van der Waals surface area contributed by atoms with Gasteiger partial charge in [-0.3, -0.25) is 4.79 Å². The fourth-order valence-electron chi connectivity index (χ4n) is 3.45. The summed E-state index contributed by atoms with van der Waals surface area (Å²) in [5.41, 5.74) is 3.83. The molecule has 0 amide bonds. The quantitative estimate of drug-likeness (QED) is 0.406. The van der Waals surface area contributed by atoms with Gasteiger partial charge in [0, 0.05) is 34.2 Å². The fraction of sp³-hybridized carbons (Fsp3) is 0.125. The summed E-state index contributed by atoms with van der Waals surface area (Å²) in [6, 6.07) is 25.2. The van der Waals surface area contributed by atoms with Gasteiger partial charge >= 0.3 is 0 Å². The summed E-state index contributed by atoms with van der Waals surface area (Å²) in [6.07, 6.45) is 2.63. The van der Waals surface area contributed by atoms with Crippen LogP contribution in [0.15, 0.2) is 85.1 Å². The Balaban J connectivity index is 1.57. The van der Waals surface area contributed by atoms with Crippen LogP contribution in [-0.4, -0.2) is 17.3 Å². The Kier molecular flexibility index (Phi) is 5.56. The van der Waals surface area contributed by atoms with Gasteiger partial charge in [0.1, 0.15) is 0 Å². The Hall–Kier alpha value is -2.88. The third-order valence-electron chi connectivity index (χ3n) is 4.93. The number of hydrogen-bond donors (Lipinski definition) is 2. The molecule has 4 rings (SSSR count). The molecule has 3 nitrogen and oxygen atoms in total. The summed E-state index contributed by atoms with van der Waals surface area (Å²) in [7, 11) is 0. The van der Waals surface area contributed by atoms with Gasteiger partial charge in [-0.25, -0.2) is 0 Å². The van der Waals surface area contributed by atoms with E-state index in [9.17, 15) is 4.79 Å². The third kappa shape index (κ3) is 4.01. The second kappa shape index (κ2) is 8.42. The molecule has 0 radical (unpaired) electrons. The first kappa shape index (κ1) is 18.5. The van der Waals surface area contributed by atoms with Crippen molar-refractivity contribution < 1.29 is 4.79 Å². The maximum Gasteiger partial charge on any atom is 0.186 e. The standard InChI is InChI=1S/C24H21ClN2O/c25-19-12-10-17(11-13-19)14-15-26-23(18-6-2-1-3-7-18)24(28)21-16-27-22-9-5-4-8-20(21)22/h1-13,16,23,26-27H,14-15H2/t23-/m0/s1. The van der Waals surface area contributed by atoms with Crippen molar-refractivity contribution >= 4 is 28.3 Å². The van der Waals surface area contributed by atoms with Gasteiger partial charge in [0.15, 0.2) is 5.78 Å². The zero-order chi connectivity index (χ0) is 19.3. The van der Waals surface area contributed by atoms with E-state index >= 15 is 0 Å². The number of para-hydroxylation sites is 1. The van der Waals surface area contributed by atoms with Crippen molar-refractivity contribution in [2.75, 3.05) is 6.54 Å². The van der Waals surface area contributed by atoms with E-state index in [2.05, 4.69) is 10.3 Å². The number of benzene rings is 3. The van der Waals surface area contributed by atoms with Crippen LogP contribution in [0.5, 0.6) is 0 Å². The van der Waals surface area contributed by atoms with Gasteiger partial charge in [-0.1, -0.05) is 72.3 Å². The van der Waals surface area contributed by atoms with Crippen molar-refractivity contribution in [3.8, 4) is 0 Å². The molecule has 2 N–H and O–H groups in total. The average molecular weight is 389 g/mol. The van der Waals surface area contributed by atoms with Crippen LogP contribution in [0.1, 0.15) is 27.5 Å². The number of Topliss-reactive ketones (excluding diaryl/α,β-unsaturated/α-hetero) is 1. The molecule has 140 valence electrons. The van der Waals surface area contributed by atoms with Gasteiger partial charge in [-0.2, -0.15) is 0 Å². The van der Waals surface area contributed by atoms with Crippen LogP contribution >= 0.6 is 11.6 Å². The molecule has 0 aliphatic rings. The molecule has 1 atom stereocenters. The van der Waals surface area contributed by atoms with Gasteiger partial charge in [-0.15, -0.1) is 0 Å². The van der Waals surface area contributed by atoms with Crippen LogP contribution in [0.4, 0.5) is 0 Å². The second-order valence-corrected chi connectivity index (χ2v) is 7.22. The molecule has 4 aromatic rings. The third-order valence-corrected chi connectivity index (χ3v) is 5.18. The number of fused-ring (bicyclic) bond motifs is 1. The number of halogens is 1. The van der Waals surface area contributed by atoms with Gasteiger partial charge in [0.2, 0.25) is 0 Å². The van der Waals surface area contributed by atoms with E-state index in [-0.39, 0.29) is 5.78 Å². The van der Waals surface area contributed by atoms with Gasteiger partial charge in [0.25, 0.3) is 0 Å². The van der Waals surface area contributed by atoms with Crippen LogP contribution in [0, 0.1) is 0 Å². The average Bonchev–Trinajstić information content (AvgIpc) is 3.17. The minimum absolute atomic E-state index is 0.0692. The predicted octanol–water partition coefficient (Wildman–Crippen LogP) is 5.58. The molecule has 4 heteroatoms. The van der Waals surface area contributed by atoms with Crippen LogP contribution in [0.25, 0.3) is 10.9 Å². The first-order chi connectivity index (χ1) is 13.7. The molecular weight excluding hydrogens is 368 g/mol. The summed E-state index contributed by atoms with van der Waals surface area (Å²) in [5, 5.41) is 5.14. The summed E-state index contributed by atoms with van der Waals surface area (Å²) in [5.74, 6) is 0.0692. The van der Waals surface area contributed by atoms with Gasteiger partial charge < -0.3 is 10.3 Å². The lowest BCUT2D eigenvalue weighted by molar-refractivity contribution is 0.0945. The van der Waals surface area contributed by atoms with E-state index in [1.165, 1.54) is 5.56 Å². The van der Waals surface area contributed by atoms with Crippen LogP contribution in [-0.2, 0) is 6.42 Å². The maximum absolute atomic E-state index is 13.4. The second-order valence-electron chi connectivity index (χ2n) is 6.79. The summed E-state index contributed by atoms with van der Waals surface area (Å²) >= 11 is 5.96. The number of H-pyrrole nitrogens is 1. The molecule has 0 aliphatic carbocycles. The SMILES string of the molecule is O=C(c1c[nH]c2ccccc12)[C@@H](NCCc1ccc(Cl)cc1)c1ccccc1. The highest BCUT2D eigenvalue weighted by atomic mass is 35.5. The van der Waals surface area contributed by atoms with Gasteiger partial charge in [-0.05, 0) is 35.7 Å². The van der Waals surface area contributed by atoms with E-state index in [0.29, 0.717) is 12.1 Å². The molecule has 0 saturated carbocycles. The smallest absolute Gasteiger partial charge is 0.186 e. The van der Waals surface area contributed by atoms with Crippen LogP contribution in [0.2, 0.25) is 5.02 Å². The summed E-state index contributed by atoms with van der Waals surface area (Å²) < 4.78 is 0. The largest absolute Gasteiger partial charge is 0.360 e. The zero-order valence-corrected chi connectivity index (χ0v) is 16.1. The summed E-state index contributed by atoms with van der Waals surface area (Å²) in [4.78, 5) is 16.6. The molecule has 3 aromatic carbocycles. The van der Waals surface area contributed by atoms with E-state index in [1.54, 1.807) is 0 Å². The molecule has 0 aliphatic heterocycles.